The van der Waals surface area contributed by atoms with Crippen molar-refractivity contribution in [2.45, 2.75) is 39.5 Å². The fourth-order valence-corrected chi connectivity index (χ4v) is 2.34. The number of anilines is 1. The van der Waals surface area contributed by atoms with Crippen molar-refractivity contribution in [1.29, 1.82) is 0 Å². The van der Waals surface area contributed by atoms with E-state index in [-0.39, 0.29) is 17.9 Å². The maximum atomic E-state index is 12.0. The predicted molar refractivity (Wildman–Crippen MR) is 99.9 cm³/mol. The van der Waals surface area contributed by atoms with E-state index in [4.69, 9.17) is 4.74 Å². The second-order valence-electron chi connectivity index (χ2n) is 7.00. The fraction of sp³-hybridized carbons (Fsp3) is 0.333. The lowest BCUT2D eigenvalue weighted by atomic mass is 9.87. The van der Waals surface area contributed by atoms with Gasteiger partial charge in [0.2, 0.25) is 0 Å². The van der Waals surface area contributed by atoms with E-state index < -0.39 is 5.97 Å². The molecule has 132 valence electrons. The SMILES string of the molecule is CCc1ccc(NC(=O)COC(=O)c2ccc(C(C)(C)C)cc2)cc1. The van der Waals surface area contributed by atoms with Crippen LogP contribution in [0.4, 0.5) is 5.69 Å². The van der Waals surface area contributed by atoms with Crippen molar-refractivity contribution in [2.24, 2.45) is 0 Å². The number of amides is 1. The van der Waals surface area contributed by atoms with Crippen molar-refractivity contribution in [3.05, 3.63) is 65.2 Å². The van der Waals surface area contributed by atoms with E-state index in [1.165, 1.54) is 5.56 Å². The lowest BCUT2D eigenvalue weighted by Gasteiger charge is -2.18. The van der Waals surface area contributed by atoms with Gasteiger partial charge >= 0.3 is 5.97 Å². The van der Waals surface area contributed by atoms with Gasteiger partial charge in [-0.1, -0.05) is 52.0 Å². The summed E-state index contributed by atoms with van der Waals surface area (Å²) in [6.45, 7) is 8.09. The molecular weight excluding hydrogens is 314 g/mol. The van der Waals surface area contributed by atoms with E-state index in [0.717, 1.165) is 12.0 Å². The van der Waals surface area contributed by atoms with Crippen LogP contribution in [0.25, 0.3) is 0 Å². The van der Waals surface area contributed by atoms with E-state index in [1.807, 2.05) is 36.4 Å². The molecule has 0 aromatic heterocycles. The first-order chi connectivity index (χ1) is 11.8. The van der Waals surface area contributed by atoms with E-state index in [2.05, 4.69) is 33.0 Å². The van der Waals surface area contributed by atoms with Crippen molar-refractivity contribution in [3.8, 4) is 0 Å². The van der Waals surface area contributed by atoms with Crippen LogP contribution in [0.5, 0.6) is 0 Å². The van der Waals surface area contributed by atoms with Crippen LogP contribution in [0.2, 0.25) is 0 Å². The van der Waals surface area contributed by atoms with Crippen LogP contribution in [0.1, 0.15) is 49.2 Å². The lowest BCUT2D eigenvalue weighted by molar-refractivity contribution is -0.119. The number of benzene rings is 2. The van der Waals surface area contributed by atoms with E-state index in [1.54, 1.807) is 12.1 Å². The third kappa shape index (κ3) is 5.45. The minimum Gasteiger partial charge on any atom is -0.452 e. The quantitative estimate of drug-likeness (QED) is 0.824. The minimum absolute atomic E-state index is 0.0235. The van der Waals surface area contributed by atoms with Crippen LogP contribution in [0, 0.1) is 0 Å². The van der Waals surface area contributed by atoms with Gasteiger partial charge in [0.15, 0.2) is 6.61 Å². The zero-order valence-electron chi connectivity index (χ0n) is 15.3. The summed E-state index contributed by atoms with van der Waals surface area (Å²) < 4.78 is 5.08. The Hall–Kier alpha value is -2.62. The molecule has 4 nitrogen and oxygen atoms in total. The Bertz CT molecular complexity index is 725. The predicted octanol–water partition coefficient (Wildman–Crippen LogP) is 4.34. The van der Waals surface area contributed by atoms with Gasteiger partial charge in [0, 0.05) is 5.69 Å². The third-order valence-electron chi connectivity index (χ3n) is 3.97. The first-order valence-corrected chi connectivity index (χ1v) is 8.46. The molecule has 2 aromatic carbocycles. The highest BCUT2D eigenvalue weighted by Crippen LogP contribution is 2.22. The van der Waals surface area contributed by atoms with Crippen LogP contribution in [-0.4, -0.2) is 18.5 Å². The number of carbonyl (C=O) groups is 2. The summed E-state index contributed by atoms with van der Waals surface area (Å²) in [5, 5.41) is 2.71. The first kappa shape index (κ1) is 18.7. The number of hydrogen-bond donors (Lipinski definition) is 1. The number of ether oxygens (including phenoxy) is 1. The first-order valence-electron chi connectivity index (χ1n) is 8.46. The van der Waals surface area contributed by atoms with Gasteiger partial charge in [0.05, 0.1) is 5.56 Å². The summed E-state index contributed by atoms with van der Waals surface area (Å²) >= 11 is 0. The van der Waals surface area contributed by atoms with Crippen molar-refractivity contribution >= 4 is 17.6 Å². The standard InChI is InChI=1S/C21H25NO3/c1-5-15-6-12-18(13-7-15)22-19(23)14-25-20(24)16-8-10-17(11-9-16)21(2,3)4/h6-13H,5,14H2,1-4H3,(H,22,23). The van der Waals surface area contributed by atoms with Gasteiger partial charge in [-0.15, -0.1) is 0 Å². The number of aryl methyl sites for hydroxylation is 1. The maximum absolute atomic E-state index is 12.0. The van der Waals surface area contributed by atoms with Crippen molar-refractivity contribution in [1.82, 2.24) is 0 Å². The van der Waals surface area contributed by atoms with Crippen LogP contribution in [0.15, 0.2) is 48.5 Å². The molecule has 0 heterocycles. The Labute approximate surface area is 149 Å². The van der Waals surface area contributed by atoms with Crippen molar-refractivity contribution in [3.63, 3.8) is 0 Å². The summed E-state index contributed by atoms with van der Waals surface area (Å²) in [5.74, 6) is -0.860. The van der Waals surface area contributed by atoms with Crippen LogP contribution < -0.4 is 5.32 Å². The molecular formula is C21H25NO3. The van der Waals surface area contributed by atoms with Gasteiger partial charge in [0.1, 0.15) is 0 Å². The van der Waals surface area contributed by atoms with Crippen molar-refractivity contribution < 1.29 is 14.3 Å². The number of esters is 1. The fourth-order valence-electron chi connectivity index (χ4n) is 2.34. The summed E-state index contributed by atoms with van der Waals surface area (Å²) in [4.78, 5) is 23.9. The van der Waals surface area contributed by atoms with Crippen LogP contribution in [0.3, 0.4) is 0 Å². The Morgan fingerprint density at radius 2 is 1.56 bits per heavy atom. The Morgan fingerprint density at radius 3 is 2.08 bits per heavy atom. The molecule has 0 saturated carbocycles. The smallest absolute Gasteiger partial charge is 0.338 e. The summed E-state index contributed by atoms with van der Waals surface area (Å²) in [7, 11) is 0. The molecule has 2 rings (SSSR count). The number of hydrogen-bond acceptors (Lipinski definition) is 3. The number of carbonyl (C=O) groups excluding carboxylic acids is 2. The topological polar surface area (TPSA) is 55.4 Å². The summed E-state index contributed by atoms with van der Waals surface area (Å²) in [6.07, 6.45) is 0.944. The molecule has 0 fully saturated rings. The monoisotopic (exact) mass is 339 g/mol. The average Bonchev–Trinajstić information content (AvgIpc) is 2.59. The molecule has 1 N–H and O–H groups in total. The van der Waals surface area contributed by atoms with Gasteiger partial charge in [-0.25, -0.2) is 4.79 Å². The van der Waals surface area contributed by atoms with E-state index in [9.17, 15) is 9.59 Å². The molecule has 0 aliphatic heterocycles. The van der Waals surface area contributed by atoms with Crippen LogP contribution in [-0.2, 0) is 21.4 Å². The van der Waals surface area contributed by atoms with Crippen LogP contribution >= 0.6 is 0 Å². The number of nitrogens with one attached hydrogen (secondary N) is 1. The molecule has 4 heteroatoms. The molecule has 0 bridgehead atoms. The highest BCUT2D eigenvalue weighted by molar-refractivity contribution is 5.95. The lowest BCUT2D eigenvalue weighted by Crippen LogP contribution is -2.21. The molecule has 25 heavy (non-hydrogen) atoms. The second-order valence-corrected chi connectivity index (χ2v) is 7.00. The molecule has 0 spiro atoms. The Balaban J connectivity index is 1.87. The molecule has 0 aliphatic carbocycles. The normalized spacial score (nSPS) is 11.0. The maximum Gasteiger partial charge on any atom is 0.338 e. The average molecular weight is 339 g/mol. The molecule has 1 amide bonds. The largest absolute Gasteiger partial charge is 0.452 e. The summed E-state index contributed by atoms with van der Waals surface area (Å²) in [5.41, 5.74) is 3.48. The van der Waals surface area contributed by atoms with Gasteiger partial charge in [-0.05, 0) is 47.2 Å². The van der Waals surface area contributed by atoms with Gasteiger partial charge in [0.25, 0.3) is 5.91 Å². The molecule has 0 unspecified atom stereocenters. The van der Waals surface area contributed by atoms with Crippen molar-refractivity contribution in [2.75, 3.05) is 11.9 Å². The third-order valence-corrected chi connectivity index (χ3v) is 3.97. The highest BCUT2D eigenvalue weighted by Gasteiger charge is 2.15. The molecule has 2 aromatic rings. The molecule has 0 saturated heterocycles. The molecule has 0 radical (unpaired) electrons. The Morgan fingerprint density at radius 1 is 0.960 bits per heavy atom. The molecule has 0 aliphatic rings. The minimum atomic E-state index is -0.503. The Kier molecular flexibility index (Phi) is 5.97. The zero-order valence-corrected chi connectivity index (χ0v) is 15.3. The van der Waals surface area contributed by atoms with Gasteiger partial charge in [-0.3, -0.25) is 4.79 Å². The van der Waals surface area contributed by atoms with Gasteiger partial charge in [-0.2, -0.15) is 0 Å². The number of rotatable bonds is 5. The molecule has 0 atom stereocenters. The zero-order chi connectivity index (χ0) is 18.4. The highest BCUT2D eigenvalue weighted by atomic mass is 16.5. The van der Waals surface area contributed by atoms with E-state index in [0.29, 0.717) is 11.3 Å². The summed E-state index contributed by atoms with van der Waals surface area (Å²) in [6, 6.07) is 14.9. The second kappa shape index (κ2) is 7.97. The van der Waals surface area contributed by atoms with Gasteiger partial charge < -0.3 is 10.1 Å². The van der Waals surface area contributed by atoms with E-state index >= 15 is 0 Å².